The third kappa shape index (κ3) is 2.38. The van der Waals surface area contributed by atoms with Gasteiger partial charge in [-0.2, -0.15) is 0 Å². The molecular weight excluding hydrogens is 359 g/mol. The maximum absolute atomic E-state index is 13.6. The van der Waals surface area contributed by atoms with Gasteiger partial charge in [-0.15, -0.1) is 0 Å². The molecule has 0 spiro atoms. The van der Waals surface area contributed by atoms with Gasteiger partial charge >= 0.3 is 0 Å². The first-order chi connectivity index (χ1) is 13.6. The molecule has 5 nitrogen and oxygen atoms in total. The summed E-state index contributed by atoms with van der Waals surface area (Å²) in [6.07, 6.45) is 3.19. The smallest absolute Gasteiger partial charge is 0.239 e. The highest BCUT2D eigenvalue weighted by Crippen LogP contribution is 2.47. The Kier molecular flexibility index (Phi) is 3.77. The summed E-state index contributed by atoms with van der Waals surface area (Å²) in [6, 6.07) is 13.9. The summed E-state index contributed by atoms with van der Waals surface area (Å²) in [5, 5.41) is 0. The van der Waals surface area contributed by atoms with Crippen LogP contribution in [0.15, 0.2) is 66.7 Å². The van der Waals surface area contributed by atoms with Gasteiger partial charge in [0.05, 0.1) is 23.6 Å². The van der Waals surface area contributed by atoms with Crippen LogP contribution in [0.4, 0.5) is 10.1 Å². The molecule has 0 aliphatic carbocycles. The number of ketones is 1. The summed E-state index contributed by atoms with van der Waals surface area (Å²) >= 11 is 0. The van der Waals surface area contributed by atoms with Crippen molar-refractivity contribution in [3.05, 3.63) is 78.1 Å². The molecule has 140 valence electrons. The standard InChI is InChI=1S/C22H17FN2O3/c23-14-6-4-5-13(11-14)12-24-16-9-10-17(26)20(24)19-18(16)21(27)25(22(19)28)15-7-2-1-3-8-15/h1-11,16,18-20H,12H2/t16-,18?,19?,20+/m0/s1. The third-order valence-electron chi connectivity index (χ3n) is 5.86. The number of anilines is 1. The molecule has 3 aliphatic heterocycles. The number of nitrogens with zero attached hydrogens (tertiary/aromatic N) is 2. The number of para-hydroxylation sites is 1. The van der Waals surface area contributed by atoms with Crippen LogP contribution in [0, 0.1) is 17.7 Å². The van der Waals surface area contributed by atoms with Gasteiger partial charge in [-0.1, -0.05) is 36.4 Å². The highest BCUT2D eigenvalue weighted by atomic mass is 19.1. The Morgan fingerprint density at radius 3 is 2.39 bits per heavy atom. The number of imide groups is 1. The topological polar surface area (TPSA) is 57.7 Å². The lowest BCUT2D eigenvalue weighted by molar-refractivity contribution is -0.129. The fourth-order valence-electron chi connectivity index (χ4n) is 4.75. The Morgan fingerprint density at radius 1 is 0.893 bits per heavy atom. The largest absolute Gasteiger partial charge is 0.293 e. The molecule has 2 bridgehead atoms. The molecule has 2 saturated heterocycles. The predicted octanol–water partition coefficient (Wildman–Crippen LogP) is 2.32. The number of halogens is 1. The molecule has 2 aromatic rings. The first-order valence-corrected chi connectivity index (χ1v) is 9.21. The van der Waals surface area contributed by atoms with E-state index in [0.717, 1.165) is 0 Å². The van der Waals surface area contributed by atoms with Crippen LogP contribution in [0.1, 0.15) is 5.56 Å². The van der Waals surface area contributed by atoms with Crippen LogP contribution in [0.2, 0.25) is 0 Å². The van der Waals surface area contributed by atoms with Crippen molar-refractivity contribution in [2.75, 3.05) is 4.90 Å². The summed E-state index contributed by atoms with van der Waals surface area (Å²) in [5.74, 6) is -2.47. The molecule has 2 aromatic carbocycles. The molecule has 5 rings (SSSR count). The first kappa shape index (κ1) is 17.0. The van der Waals surface area contributed by atoms with E-state index in [1.807, 2.05) is 11.0 Å². The van der Waals surface area contributed by atoms with Crippen LogP contribution in [0.5, 0.6) is 0 Å². The molecule has 6 heteroatoms. The molecule has 28 heavy (non-hydrogen) atoms. The number of hydrogen-bond donors (Lipinski definition) is 0. The van der Waals surface area contributed by atoms with Crippen molar-refractivity contribution in [1.82, 2.24) is 4.90 Å². The molecule has 3 aliphatic rings. The van der Waals surface area contributed by atoms with Gasteiger partial charge in [-0.05, 0) is 35.9 Å². The van der Waals surface area contributed by atoms with Gasteiger partial charge in [0.15, 0.2) is 5.78 Å². The van der Waals surface area contributed by atoms with E-state index in [2.05, 4.69) is 0 Å². The Morgan fingerprint density at radius 2 is 1.64 bits per heavy atom. The predicted molar refractivity (Wildman–Crippen MR) is 99.6 cm³/mol. The van der Waals surface area contributed by atoms with Gasteiger partial charge < -0.3 is 0 Å². The second-order valence-corrected chi connectivity index (χ2v) is 7.40. The normalized spacial score (nSPS) is 28.9. The Bertz CT molecular complexity index is 1020. The number of carbonyl (C=O) groups is 3. The first-order valence-electron chi connectivity index (χ1n) is 9.21. The van der Waals surface area contributed by atoms with E-state index >= 15 is 0 Å². The third-order valence-corrected chi connectivity index (χ3v) is 5.86. The highest BCUT2D eigenvalue weighted by Gasteiger charge is 2.64. The molecule has 2 amide bonds. The second-order valence-electron chi connectivity index (χ2n) is 7.40. The van der Waals surface area contributed by atoms with Gasteiger partial charge in [0.2, 0.25) is 11.8 Å². The van der Waals surface area contributed by atoms with E-state index in [1.54, 1.807) is 42.5 Å². The van der Waals surface area contributed by atoms with Gasteiger partial charge in [0, 0.05) is 12.6 Å². The molecule has 2 unspecified atom stereocenters. The quantitative estimate of drug-likeness (QED) is 0.772. The maximum Gasteiger partial charge on any atom is 0.239 e. The lowest BCUT2D eigenvalue weighted by Crippen LogP contribution is -2.48. The van der Waals surface area contributed by atoms with Crippen molar-refractivity contribution in [2.45, 2.75) is 18.6 Å². The number of fused-ring (bicyclic) bond motifs is 5. The van der Waals surface area contributed by atoms with Gasteiger partial charge in [0.1, 0.15) is 5.82 Å². The summed E-state index contributed by atoms with van der Waals surface area (Å²) in [7, 11) is 0. The van der Waals surface area contributed by atoms with Crippen LogP contribution in [0.3, 0.4) is 0 Å². The van der Waals surface area contributed by atoms with E-state index in [9.17, 15) is 18.8 Å². The summed E-state index contributed by atoms with van der Waals surface area (Å²) in [6.45, 7) is 0.308. The molecule has 2 fully saturated rings. The zero-order chi connectivity index (χ0) is 19.4. The van der Waals surface area contributed by atoms with E-state index in [0.29, 0.717) is 17.8 Å². The number of amides is 2. The molecule has 0 saturated carbocycles. The Balaban J connectivity index is 1.52. The minimum Gasteiger partial charge on any atom is -0.293 e. The van der Waals surface area contributed by atoms with Crippen LogP contribution >= 0.6 is 0 Å². The van der Waals surface area contributed by atoms with Crippen LogP contribution in [0.25, 0.3) is 0 Å². The van der Waals surface area contributed by atoms with E-state index in [-0.39, 0.29) is 29.5 Å². The van der Waals surface area contributed by atoms with Crippen LogP contribution in [-0.4, -0.2) is 34.6 Å². The lowest BCUT2D eigenvalue weighted by atomic mass is 9.90. The van der Waals surface area contributed by atoms with Crippen LogP contribution in [-0.2, 0) is 20.9 Å². The number of carbonyl (C=O) groups excluding carboxylic acids is 3. The van der Waals surface area contributed by atoms with Crippen molar-refractivity contribution in [3.63, 3.8) is 0 Å². The monoisotopic (exact) mass is 376 g/mol. The number of benzene rings is 2. The number of rotatable bonds is 3. The lowest BCUT2D eigenvalue weighted by Gasteiger charge is -2.33. The van der Waals surface area contributed by atoms with Gasteiger partial charge in [-0.25, -0.2) is 9.29 Å². The summed E-state index contributed by atoms with van der Waals surface area (Å²) in [4.78, 5) is 42.1. The zero-order valence-corrected chi connectivity index (χ0v) is 14.9. The number of hydrogen-bond acceptors (Lipinski definition) is 4. The maximum atomic E-state index is 13.6. The Labute approximate surface area is 161 Å². The van der Waals surface area contributed by atoms with Crippen molar-refractivity contribution in [1.29, 1.82) is 0 Å². The minimum atomic E-state index is -0.714. The minimum absolute atomic E-state index is 0.184. The fourth-order valence-corrected chi connectivity index (χ4v) is 4.75. The Hall–Kier alpha value is -3.12. The van der Waals surface area contributed by atoms with E-state index in [4.69, 9.17) is 0 Å². The fraction of sp³-hybridized carbons (Fsp3) is 0.227. The van der Waals surface area contributed by atoms with E-state index in [1.165, 1.54) is 23.1 Å². The summed E-state index contributed by atoms with van der Waals surface area (Å²) < 4.78 is 13.6. The van der Waals surface area contributed by atoms with Crippen LogP contribution < -0.4 is 4.90 Å². The zero-order valence-electron chi connectivity index (χ0n) is 14.9. The molecular formula is C22H17FN2O3. The highest BCUT2D eigenvalue weighted by molar-refractivity contribution is 6.24. The SMILES string of the molecule is O=C1C=C[C@H]2C3C(=O)N(c4ccccc4)C(=O)C3[C@@H]1N2Cc1cccc(F)c1. The van der Waals surface area contributed by atoms with Crippen molar-refractivity contribution < 1.29 is 18.8 Å². The van der Waals surface area contributed by atoms with Gasteiger partial charge in [-0.3, -0.25) is 19.3 Å². The van der Waals surface area contributed by atoms with Gasteiger partial charge in [0.25, 0.3) is 0 Å². The molecule has 3 heterocycles. The molecule has 0 aromatic heterocycles. The second kappa shape index (κ2) is 6.21. The van der Waals surface area contributed by atoms with Crippen molar-refractivity contribution in [3.8, 4) is 0 Å². The van der Waals surface area contributed by atoms with Crippen molar-refractivity contribution in [2.24, 2.45) is 11.8 Å². The van der Waals surface area contributed by atoms with Crippen molar-refractivity contribution >= 4 is 23.3 Å². The molecule has 0 radical (unpaired) electrons. The average Bonchev–Trinajstić information content (AvgIpc) is 3.06. The van der Waals surface area contributed by atoms with E-state index < -0.39 is 17.9 Å². The molecule has 0 N–H and O–H groups in total. The molecule has 4 atom stereocenters. The summed E-state index contributed by atoms with van der Waals surface area (Å²) in [5.41, 5.74) is 1.23. The average molecular weight is 376 g/mol.